The van der Waals surface area contributed by atoms with Crippen molar-refractivity contribution in [3.05, 3.63) is 65.5 Å². The number of likely N-dealkylation sites (tertiary alicyclic amines) is 1. The Labute approximate surface area is 160 Å². The number of amides is 1. The van der Waals surface area contributed by atoms with Crippen LogP contribution in [0.1, 0.15) is 30.9 Å². The first-order valence-corrected chi connectivity index (χ1v) is 9.60. The van der Waals surface area contributed by atoms with Crippen molar-refractivity contribution < 1.29 is 13.9 Å². The maximum atomic E-state index is 13.0. The number of nitrogens with zero attached hydrogens (tertiary/aromatic N) is 1. The van der Waals surface area contributed by atoms with E-state index in [2.05, 4.69) is 10.2 Å². The van der Waals surface area contributed by atoms with Crippen LogP contribution in [-0.4, -0.2) is 30.5 Å². The maximum Gasteiger partial charge on any atom is 0.224 e. The molecule has 4 nitrogen and oxygen atoms in total. The molecule has 1 saturated heterocycles. The number of halogens is 1. The first-order valence-electron chi connectivity index (χ1n) is 9.60. The number of benzene rings is 2. The van der Waals surface area contributed by atoms with Crippen LogP contribution in [-0.2, 0) is 17.9 Å². The van der Waals surface area contributed by atoms with Crippen LogP contribution in [0.25, 0.3) is 0 Å². The van der Waals surface area contributed by atoms with E-state index in [-0.39, 0.29) is 17.6 Å². The molecule has 1 aliphatic heterocycles. The van der Waals surface area contributed by atoms with E-state index in [0.717, 1.165) is 49.4 Å². The minimum atomic E-state index is -0.219. The summed E-state index contributed by atoms with van der Waals surface area (Å²) in [6.07, 6.45) is 1.91. The standard InChI is InChI=1S/C22H27FN2O2/c1-2-27-21-11-7-17(8-12-21)14-24-22(26)19-4-3-13-25(16-19)15-18-5-9-20(23)10-6-18/h5-12,19H,2-4,13-16H2,1H3,(H,24,26)/t19-/m0/s1. The van der Waals surface area contributed by atoms with Gasteiger partial charge in [-0.05, 0) is 61.7 Å². The lowest BCUT2D eigenvalue weighted by Crippen LogP contribution is -2.42. The number of hydrogen-bond acceptors (Lipinski definition) is 3. The Morgan fingerprint density at radius 1 is 1.15 bits per heavy atom. The molecule has 2 aromatic rings. The van der Waals surface area contributed by atoms with Crippen LogP contribution in [0.5, 0.6) is 5.75 Å². The fraction of sp³-hybridized carbons (Fsp3) is 0.409. The molecular weight excluding hydrogens is 343 g/mol. The van der Waals surface area contributed by atoms with Gasteiger partial charge in [-0.2, -0.15) is 0 Å². The topological polar surface area (TPSA) is 41.6 Å². The van der Waals surface area contributed by atoms with Gasteiger partial charge >= 0.3 is 0 Å². The van der Waals surface area contributed by atoms with Gasteiger partial charge in [-0.25, -0.2) is 4.39 Å². The summed E-state index contributed by atoms with van der Waals surface area (Å²) >= 11 is 0. The molecule has 27 heavy (non-hydrogen) atoms. The molecule has 0 spiro atoms. The third-order valence-corrected chi connectivity index (χ3v) is 4.90. The number of nitrogens with one attached hydrogen (secondary N) is 1. The highest BCUT2D eigenvalue weighted by Gasteiger charge is 2.25. The molecule has 0 bridgehead atoms. The van der Waals surface area contributed by atoms with E-state index < -0.39 is 0 Å². The minimum absolute atomic E-state index is 0.00176. The van der Waals surface area contributed by atoms with Gasteiger partial charge in [0.2, 0.25) is 5.91 Å². The molecule has 5 heteroatoms. The maximum absolute atomic E-state index is 13.0. The highest BCUT2D eigenvalue weighted by molar-refractivity contribution is 5.79. The number of carbonyl (C=O) groups is 1. The molecule has 1 aliphatic rings. The van der Waals surface area contributed by atoms with Gasteiger partial charge in [0.1, 0.15) is 11.6 Å². The summed E-state index contributed by atoms with van der Waals surface area (Å²) in [5.41, 5.74) is 2.14. The van der Waals surface area contributed by atoms with E-state index >= 15 is 0 Å². The SMILES string of the molecule is CCOc1ccc(CNC(=O)[C@H]2CCCN(Cc3ccc(F)cc3)C2)cc1. The van der Waals surface area contributed by atoms with Gasteiger partial charge in [0.05, 0.1) is 12.5 Å². The molecule has 0 aromatic heterocycles. The van der Waals surface area contributed by atoms with Gasteiger partial charge in [0, 0.05) is 19.6 Å². The largest absolute Gasteiger partial charge is 0.494 e. The van der Waals surface area contributed by atoms with Crippen molar-refractivity contribution >= 4 is 5.91 Å². The highest BCUT2D eigenvalue weighted by Crippen LogP contribution is 2.19. The van der Waals surface area contributed by atoms with Crippen molar-refractivity contribution in [2.45, 2.75) is 32.9 Å². The van der Waals surface area contributed by atoms with Gasteiger partial charge in [0.15, 0.2) is 0 Å². The third kappa shape index (κ3) is 5.79. The van der Waals surface area contributed by atoms with Gasteiger partial charge in [-0.1, -0.05) is 24.3 Å². The van der Waals surface area contributed by atoms with E-state index in [1.165, 1.54) is 12.1 Å². The van der Waals surface area contributed by atoms with Crippen LogP contribution in [0, 0.1) is 11.7 Å². The molecule has 1 heterocycles. The smallest absolute Gasteiger partial charge is 0.224 e. The Kier molecular flexibility index (Phi) is 6.82. The average molecular weight is 370 g/mol. The van der Waals surface area contributed by atoms with E-state index in [1.807, 2.05) is 43.3 Å². The zero-order chi connectivity index (χ0) is 19.1. The molecule has 2 aromatic carbocycles. The van der Waals surface area contributed by atoms with E-state index in [9.17, 15) is 9.18 Å². The zero-order valence-electron chi connectivity index (χ0n) is 15.8. The molecule has 0 saturated carbocycles. The second kappa shape index (κ2) is 9.51. The Balaban J connectivity index is 1.48. The fourth-order valence-corrected chi connectivity index (χ4v) is 3.46. The van der Waals surface area contributed by atoms with Crippen molar-refractivity contribution in [3.8, 4) is 5.75 Å². The van der Waals surface area contributed by atoms with Crippen molar-refractivity contribution in [1.82, 2.24) is 10.2 Å². The summed E-state index contributed by atoms with van der Waals surface area (Å²) in [6, 6.07) is 14.4. The van der Waals surface area contributed by atoms with Crippen molar-refractivity contribution in [2.75, 3.05) is 19.7 Å². The van der Waals surface area contributed by atoms with Gasteiger partial charge in [-0.15, -0.1) is 0 Å². The number of rotatable bonds is 7. The van der Waals surface area contributed by atoms with Crippen LogP contribution >= 0.6 is 0 Å². The summed E-state index contributed by atoms with van der Waals surface area (Å²) < 4.78 is 18.5. The summed E-state index contributed by atoms with van der Waals surface area (Å²) in [5, 5.41) is 3.06. The summed E-state index contributed by atoms with van der Waals surface area (Å²) in [7, 11) is 0. The molecule has 1 atom stereocenters. The van der Waals surface area contributed by atoms with Crippen molar-refractivity contribution in [2.24, 2.45) is 5.92 Å². The molecule has 0 radical (unpaired) electrons. The first kappa shape index (κ1) is 19.4. The minimum Gasteiger partial charge on any atom is -0.494 e. The van der Waals surface area contributed by atoms with Crippen LogP contribution < -0.4 is 10.1 Å². The summed E-state index contributed by atoms with van der Waals surface area (Å²) in [5.74, 6) is 0.731. The van der Waals surface area contributed by atoms with Crippen LogP contribution in [0.3, 0.4) is 0 Å². The van der Waals surface area contributed by atoms with E-state index in [1.54, 1.807) is 0 Å². The number of carbonyl (C=O) groups excluding carboxylic acids is 1. The summed E-state index contributed by atoms with van der Waals surface area (Å²) in [4.78, 5) is 14.8. The Bertz CT molecular complexity index is 731. The highest BCUT2D eigenvalue weighted by atomic mass is 19.1. The predicted octanol–water partition coefficient (Wildman–Crippen LogP) is 3.75. The predicted molar refractivity (Wildman–Crippen MR) is 104 cm³/mol. The second-order valence-corrected chi connectivity index (χ2v) is 7.00. The normalized spacial score (nSPS) is 17.5. The van der Waals surface area contributed by atoms with E-state index in [0.29, 0.717) is 13.2 Å². The molecular formula is C22H27FN2O2. The number of piperidine rings is 1. The van der Waals surface area contributed by atoms with Crippen LogP contribution in [0.2, 0.25) is 0 Å². The van der Waals surface area contributed by atoms with Gasteiger partial charge < -0.3 is 10.1 Å². The van der Waals surface area contributed by atoms with Crippen LogP contribution in [0.15, 0.2) is 48.5 Å². The van der Waals surface area contributed by atoms with Gasteiger partial charge in [-0.3, -0.25) is 9.69 Å². The summed E-state index contributed by atoms with van der Waals surface area (Å²) in [6.45, 7) is 5.60. The second-order valence-electron chi connectivity index (χ2n) is 7.00. The number of hydrogen-bond donors (Lipinski definition) is 1. The quantitative estimate of drug-likeness (QED) is 0.807. The third-order valence-electron chi connectivity index (χ3n) is 4.90. The van der Waals surface area contributed by atoms with Crippen molar-refractivity contribution in [3.63, 3.8) is 0 Å². The molecule has 144 valence electrons. The number of ether oxygens (including phenoxy) is 1. The molecule has 1 amide bonds. The Morgan fingerprint density at radius 2 is 1.85 bits per heavy atom. The molecule has 0 unspecified atom stereocenters. The van der Waals surface area contributed by atoms with Crippen molar-refractivity contribution in [1.29, 1.82) is 0 Å². The lowest BCUT2D eigenvalue weighted by molar-refractivity contribution is -0.126. The monoisotopic (exact) mass is 370 g/mol. The van der Waals surface area contributed by atoms with Gasteiger partial charge in [0.25, 0.3) is 0 Å². The Morgan fingerprint density at radius 3 is 2.56 bits per heavy atom. The van der Waals surface area contributed by atoms with Crippen LogP contribution in [0.4, 0.5) is 4.39 Å². The lowest BCUT2D eigenvalue weighted by Gasteiger charge is -2.32. The molecule has 3 rings (SSSR count). The average Bonchev–Trinajstić information content (AvgIpc) is 2.69. The zero-order valence-corrected chi connectivity index (χ0v) is 15.8. The van der Waals surface area contributed by atoms with E-state index in [4.69, 9.17) is 4.74 Å². The molecule has 1 N–H and O–H groups in total. The fourth-order valence-electron chi connectivity index (χ4n) is 3.46. The molecule has 1 fully saturated rings. The first-order chi connectivity index (χ1) is 13.1. The Hall–Kier alpha value is -2.40. The molecule has 0 aliphatic carbocycles. The lowest BCUT2D eigenvalue weighted by atomic mass is 9.96.